The van der Waals surface area contributed by atoms with Crippen molar-refractivity contribution in [1.29, 1.82) is 0 Å². The molecule has 0 aromatic heterocycles. The van der Waals surface area contributed by atoms with Crippen molar-refractivity contribution in [2.45, 2.75) is 26.3 Å². The summed E-state index contributed by atoms with van der Waals surface area (Å²) in [7, 11) is 3.45. The van der Waals surface area contributed by atoms with Crippen LogP contribution < -0.4 is 0 Å². The molecule has 1 rings (SSSR count). The third-order valence-corrected chi connectivity index (χ3v) is 3.73. The Bertz CT molecular complexity index is 339. The van der Waals surface area contributed by atoms with E-state index in [1.807, 2.05) is 19.9 Å². The molecule has 0 N–H and O–H groups in total. The second-order valence-corrected chi connectivity index (χ2v) is 5.32. The van der Waals surface area contributed by atoms with Gasteiger partial charge in [0.25, 0.3) is 5.91 Å². The smallest absolute Gasteiger partial charge is 0.250 e. The van der Waals surface area contributed by atoms with Crippen LogP contribution in [-0.2, 0) is 9.59 Å². The summed E-state index contributed by atoms with van der Waals surface area (Å²) >= 11 is 1.63. The third-order valence-electron chi connectivity index (χ3n) is 2.72. The van der Waals surface area contributed by atoms with Gasteiger partial charge in [-0.25, -0.2) is 0 Å². The first-order chi connectivity index (χ1) is 7.99. The molecule has 1 heterocycles. The predicted molar refractivity (Wildman–Crippen MR) is 70.7 cm³/mol. The number of carbonyl (C=O) groups is 2. The van der Waals surface area contributed by atoms with Crippen LogP contribution in [0, 0.1) is 0 Å². The number of amides is 2. The van der Waals surface area contributed by atoms with Gasteiger partial charge >= 0.3 is 0 Å². The SMILES string of the molecule is CC/C=C(\C)C(=O)N1CSC[C@H]1C(=O)N(C)C. The number of thioether (sulfide) groups is 1. The van der Waals surface area contributed by atoms with Gasteiger partial charge in [-0.05, 0) is 13.3 Å². The fourth-order valence-corrected chi connectivity index (χ4v) is 2.91. The van der Waals surface area contributed by atoms with Gasteiger partial charge in [-0.3, -0.25) is 9.59 Å². The summed E-state index contributed by atoms with van der Waals surface area (Å²) in [6, 6.07) is -0.303. The standard InChI is InChI=1S/C12H20N2O2S/c1-5-6-9(2)11(15)14-8-17-7-10(14)12(16)13(3)4/h6,10H,5,7-8H2,1-4H3/b9-6+/t10-/m0/s1. The molecule has 1 aliphatic heterocycles. The Morgan fingerprint density at radius 2 is 2.12 bits per heavy atom. The summed E-state index contributed by atoms with van der Waals surface area (Å²) < 4.78 is 0. The zero-order valence-corrected chi connectivity index (χ0v) is 11.7. The minimum Gasteiger partial charge on any atom is -0.347 e. The molecule has 0 saturated carbocycles. The Morgan fingerprint density at radius 3 is 2.65 bits per heavy atom. The first kappa shape index (κ1) is 14.1. The van der Waals surface area contributed by atoms with Crippen molar-refractivity contribution < 1.29 is 9.59 Å². The van der Waals surface area contributed by atoms with Crippen molar-refractivity contribution in [3.05, 3.63) is 11.6 Å². The van der Waals surface area contributed by atoms with E-state index in [1.165, 1.54) is 0 Å². The lowest BCUT2D eigenvalue weighted by molar-refractivity contribution is -0.139. The summed E-state index contributed by atoms with van der Waals surface area (Å²) in [5.41, 5.74) is 0.728. The van der Waals surface area contributed by atoms with Crippen LogP contribution in [0.4, 0.5) is 0 Å². The highest BCUT2D eigenvalue weighted by Crippen LogP contribution is 2.23. The predicted octanol–water partition coefficient (Wildman–Crippen LogP) is 1.33. The molecule has 2 amide bonds. The summed E-state index contributed by atoms with van der Waals surface area (Å²) in [6.07, 6.45) is 2.74. The molecule has 1 atom stereocenters. The van der Waals surface area contributed by atoms with E-state index in [0.717, 1.165) is 12.0 Å². The third kappa shape index (κ3) is 3.25. The number of allylic oxidation sites excluding steroid dienone is 1. The molecule has 0 spiro atoms. The molecular weight excluding hydrogens is 236 g/mol. The Balaban J connectivity index is 2.79. The molecule has 1 fully saturated rings. The average molecular weight is 256 g/mol. The number of hydrogen-bond donors (Lipinski definition) is 0. The maximum Gasteiger partial charge on any atom is 0.250 e. The minimum atomic E-state index is -0.303. The van der Waals surface area contributed by atoms with Crippen LogP contribution in [0.25, 0.3) is 0 Å². The second-order valence-electron chi connectivity index (χ2n) is 4.32. The summed E-state index contributed by atoms with van der Waals surface area (Å²) in [6.45, 7) is 3.81. The van der Waals surface area contributed by atoms with E-state index < -0.39 is 0 Å². The van der Waals surface area contributed by atoms with Gasteiger partial charge in [-0.1, -0.05) is 13.0 Å². The Morgan fingerprint density at radius 1 is 1.47 bits per heavy atom. The molecule has 0 radical (unpaired) electrons. The highest BCUT2D eigenvalue weighted by Gasteiger charge is 2.35. The van der Waals surface area contributed by atoms with E-state index in [4.69, 9.17) is 0 Å². The fraction of sp³-hybridized carbons (Fsp3) is 0.667. The molecule has 0 bridgehead atoms. The van der Waals surface area contributed by atoms with Crippen molar-refractivity contribution in [2.75, 3.05) is 25.7 Å². The first-order valence-electron chi connectivity index (χ1n) is 5.75. The van der Waals surface area contributed by atoms with Crippen LogP contribution >= 0.6 is 11.8 Å². The molecule has 0 aliphatic carbocycles. The van der Waals surface area contributed by atoms with Crippen LogP contribution in [-0.4, -0.2) is 53.4 Å². The van der Waals surface area contributed by atoms with E-state index in [-0.39, 0.29) is 17.9 Å². The van der Waals surface area contributed by atoms with Gasteiger partial charge in [0, 0.05) is 25.4 Å². The van der Waals surface area contributed by atoms with Gasteiger partial charge < -0.3 is 9.80 Å². The summed E-state index contributed by atoms with van der Waals surface area (Å²) in [5.74, 6) is 1.30. The van der Waals surface area contributed by atoms with Gasteiger partial charge in [-0.15, -0.1) is 11.8 Å². The van der Waals surface area contributed by atoms with Crippen LogP contribution in [0.1, 0.15) is 20.3 Å². The summed E-state index contributed by atoms with van der Waals surface area (Å²) in [4.78, 5) is 27.3. The Kier molecular flexibility index (Phi) is 5.05. The van der Waals surface area contributed by atoms with Crippen LogP contribution in [0.15, 0.2) is 11.6 Å². The average Bonchev–Trinajstić information content (AvgIpc) is 2.75. The maximum atomic E-state index is 12.1. The van der Waals surface area contributed by atoms with Crippen molar-refractivity contribution in [3.63, 3.8) is 0 Å². The molecule has 4 nitrogen and oxygen atoms in total. The molecule has 0 unspecified atom stereocenters. The second kappa shape index (κ2) is 6.10. The molecule has 17 heavy (non-hydrogen) atoms. The first-order valence-corrected chi connectivity index (χ1v) is 6.91. The lowest BCUT2D eigenvalue weighted by Gasteiger charge is -2.25. The van der Waals surface area contributed by atoms with E-state index in [0.29, 0.717) is 11.6 Å². The van der Waals surface area contributed by atoms with E-state index in [9.17, 15) is 9.59 Å². The minimum absolute atomic E-state index is 0.00708. The monoisotopic (exact) mass is 256 g/mol. The number of hydrogen-bond acceptors (Lipinski definition) is 3. The zero-order chi connectivity index (χ0) is 13.0. The maximum absolute atomic E-state index is 12.1. The van der Waals surface area contributed by atoms with Crippen molar-refractivity contribution in [3.8, 4) is 0 Å². The highest BCUT2D eigenvalue weighted by atomic mass is 32.2. The molecule has 0 aromatic rings. The summed E-state index contributed by atoms with van der Waals surface area (Å²) in [5, 5.41) is 0. The quantitative estimate of drug-likeness (QED) is 0.715. The van der Waals surface area contributed by atoms with Gasteiger partial charge in [0.2, 0.25) is 5.91 Å². The number of rotatable bonds is 3. The molecule has 1 aliphatic rings. The zero-order valence-electron chi connectivity index (χ0n) is 10.9. The molecule has 0 aromatic carbocycles. The number of carbonyl (C=O) groups excluding carboxylic acids is 2. The molecular formula is C12H20N2O2S. The highest BCUT2D eigenvalue weighted by molar-refractivity contribution is 7.99. The fourth-order valence-electron chi connectivity index (χ4n) is 1.77. The topological polar surface area (TPSA) is 40.6 Å². The Labute approximate surface area is 107 Å². The van der Waals surface area contributed by atoms with Crippen LogP contribution in [0.5, 0.6) is 0 Å². The van der Waals surface area contributed by atoms with Crippen molar-refractivity contribution in [2.24, 2.45) is 0 Å². The van der Waals surface area contributed by atoms with Gasteiger partial charge in [0.05, 0.1) is 5.88 Å². The lowest BCUT2D eigenvalue weighted by Crippen LogP contribution is -2.47. The van der Waals surface area contributed by atoms with Crippen LogP contribution in [0.3, 0.4) is 0 Å². The normalized spacial score (nSPS) is 20.6. The number of likely N-dealkylation sites (N-methyl/N-ethyl adjacent to an activating group) is 1. The lowest BCUT2D eigenvalue weighted by atomic mass is 10.2. The molecule has 96 valence electrons. The van der Waals surface area contributed by atoms with Crippen molar-refractivity contribution >= 4 is 23.6 Å². The van der Waals surface area contributed by atoms with Crippen LogP contribution in [0.2, 0.25) is 0 Å². The van der Waals surface area contributed by atoms with E-state index in [2.05, 4.69) is 0 Å². The van der Waals surface area contributed by atoms with Gasteiger partial charge in [0.15, 0.2) is 0 Å². The molecule has 5 heteroatoms. The Hall–Kier alpha value is -0.970. The van der Waals surface area contributed by atoms with Gasteiger partial charge in [0.1, 0.15) is 6.04 Å². The largest absolute Gasteiger partial charge is 0.347 e. The molecule has 1 saturated heterocycles. The van der Waals surface area contributed by atoms with E-state index >= 15 is 0 Å². The number of nitrogens with zero attached hydrogens (tertiary/aromatic N) is 2. The van der Waals surface area contributed by atoms with Gasteiger partial charge in [-0.2, -0.15) is 0 Å². The van der Waals surface area contributed by atoms with Crippen molar-refractivity contribution in [1.82, 2.24) is 9.80 Å². The van der Waals surface area contributed by atoms with E-state index in [1.54, 1.807) is 35.7 Å².